The third kappa shape index (κ3) is 2.00. The smallest absolute Gasteiger partial charge is 0.238 e. The van der Waals surface area contributed by atoms with E-state index < -0.39 is 5.91 Å². The molecule has 5 nitrogen and oxygen atoms in total. The first-order valence-electron chi connectivity index (χ1n) is 3.78. The van der Waals surface area contributed by atoms with Gasteiger partial charge in [-0.1, -0.05) is 0 Å². The van der Waals surface area contributed by atoms with Gasteiger partial charge in [-0.15, -0.1) is 0 Å². The molecule has 0 atom stereocenters. The van der Waals surface area contributed by atoms with Gasteiger partial charge >= 0.3 is 0 Å². The van der Waals surface area contributed by atoms with Crippen molar-refractivity contribution in [3.05, 3.63) is 12.1 Å². The van der Waals surface area contributed by atoms with Crippen molar-refractivity contribution in [1.29, 1.82) is 0 Å². The average molecular weight is 185 g/mol. The van der Waals surface area contributed by atoms with Crippen molar-refractivity contribution in [1.82, 2.24) is 4.57 Å². The standard InChI is InChI=1S/C8H11NO4/c1-13-5-4-8(12)9-6(10)2-3-7(9)11/h2-3,10-11H,4-5H2,1H3. The lowest BCUT2D eigenvalue weighted by Crippen LogP contribution is -2.11. The Morgan fingerprint density at radius 1 is 1.46 bits per heavy atom. The quantitative estimate of drug-likeness (QED) is 0.722. The fourth-order valence-corrected chi connectivity index (χ4v) is 0.972. The number of carbonyl (C=O) groups excluding carboxylic acids is 1. The van der Waals surface area contributed by atoms with E-state index in [9.17, 15) is 4.79 Å². The first-order chi connectivity index (χ1) is 6.16. The second-order valence-corrected chi connectivity index (χ2v) is 2.52. The molecule has 0 saturated carbocycles. The van der Waals surface area contributed by atoms with Gasteiger partial charge in [0.25, 0.3) is 0 Å². The van der Waals surface area contributed by atoms with E-state index in [0.29, 0.717) is 0 Å². The van der Waals surface area contributed by atoms with Crippen molar-refractivity contribution in [3.8, 4) is 11.8 Å². The summed E-state index contributed by atoms with van der Waals surface area (Å²) in [7, 11) is 1.47. The van der Waals surface area contributed by atoms with Crippen LogP contribution in [-0.4, -0.2) is 34.4 Å². The first kappa shape index (κ1) is 9.60. The Labute approximate surface area is 75.2 Å². The number of nitrogens with zero attached hydrogens (tertiary/aromatic N) is 1. The highest BCUT2D eigenvalue weighted by molar-refractivity contribution is 5.82. The second kappa shape index (κ2) is 3.95. The fourth-order valence-electron chi connectivity index (χ4n) is 0.972. The molecule has 2 N–H and O–H groups in total. The fraction of sp³-hybridized carbons (Fsp3) is 0.375. The molecule has 0 aliphatic carbocycles. The highest BCUT2D eigenvalue weighted by Gasteiger charge is 2.12. The third-order valence-electron chi connectivity index (χ3n) is 1.61. The molecule has 0 aromatic carbocycles. The molecule has 0 saturated heterocycles. The molecule has 0 unspecified atom stereocenters. The van der Waals surface area contributed by atoms with Crippen molar-refractivity contribution in [2.24, 2.45) is 0 Å². The van der Waals surface area contributed by atoms with Crippen LogP contribution in [0.1, 0.15) is 11.2 Å². The predicted molar refractivity (Wildman–Crippen MR) is 44.9 cm³/mol. The molecule has 1 aromatic heterocycles. The average Bonchev–Trinajstić information content (AvgIpc) is 2.42. The van der Waals surface area contributed by atoms with Crippen LogP contribution in [0.3, 0.4) is 0 Å². The normalized spacial score (nSPS) is 10.2. The van der Waals surface area contributed by atoms with E-state index in [4.69, 9.17) is 14.9 Å². The molecule has 1 aromatic rings. The molecule has 0 aliphatic rings. The molecule has 0 fully saturated rings. The van der Waals surface area contributed by atoms with Crippen molar-refractivity contribution in [2.75, 3.05) is 13.7 Å². The first-order valence-corrected chi connectivity index (χ1v) is 3.78. The zero-order valence-electron chi connectivity index (χ0n) is 7.23. The molecule has 0 bridgehead atoms. The lowest BCUT2D eigenvalue weighted by molar-refractivity contribution is 0.0833. The number of hydrogen-bond donors (Lipinski definition) is 2. The molecule has 0 amide bonds. The van der Waals surface area contributed by atoms with Gasteiger partial charge in [-0.3, -0.25) is 4.79 Å². The lowest BCUT2D eigenvalue weighted by atomic mass is 10.4. The summed E-state index contributed by atoms with van der Waals surface area (Å²) in [6.45, 7) is 0.260. The van der Waals surface area contributed by atoms with Crippen LogP contribution in [0.5, 0.6) is 11.8 Å². The van der Waals surface area contributed by atoms with Crippen molar-refractivity contribution in [2.45, 2.75) is 6.42 Å². The van der Waals surface area contributed by atoms with Crippen LogP contribution in [-0.2, 0) is 4.74 Å². The van der Waals surface area contributed by atoms with Crippen LogP contribution in [0.15, 0.2) is 12.1 Å². The molecule has 0 aliphatic heterocycles. The number of aromatic hydroxyl groups is 2. The predicted octanol–water partition coefficient (Wildman–Crippen LogP) is 0.576. The number of rotatable bonds is 3. The van der Waals surface area contributed by atoms with Gasteiger partial charge in [0.1, 0.15) is 0 Å². The number of aromatic nitrogens is 1. The van der Waals surface area contributed by atoms with Crippen LogP contribution in [0.25, 0.3) is 0 Å². The maximum atomic E-state index is 11.3. The second-order valence-electron chi connectivity index (χ2n) is 2.52. The van der Waals surface area contributed by atoms with Gasteiger partial charge < -0.3 is 14.9 Å². The lowest BCUT2D eigenvalue weighted by Gasteiger charge is -2.03. The van der Waals surface area contributed by atoms with Crippen molar-refractivity contribution < 1.29 is 19.7 Å². The number of ether oxygens (including phenoxy) is 1. The molecule has 5 heteroatoms. The van der Waals surface area contributed by atoms with Crippen LogP contribution in [0.2, 0.25) is 0 Å². The Balaban J connectivity index is 2.76. The molecule has 1 heterocycles. The molecule has 0 radical (unpaired) electrons. The summed E-state index contributed by atoms with van der Waals surface area (Å²) in [4.78, 5) is 11.3. The maximum Gasteiger partial charge on any atom is 0.238 e. The minimum absolute atomic E-state index is 0.117. The van der Waals surface area contributed by atoms with Gasteiger partial charge in [0.05, 0.1) is 13.0 Å². The molecule has 0 spiro atoms. The van der Waals surface area contributed by atoms with Gasteiger partial charge in [0.15, 0.2) is 0 Å². The number of hydrogen-bond acceptors (Lipinski definition) is 4. The van der Waals surface area contributed by atoms with Crippen LogP contribution < -0.4 is 0 Å². The Morgan fingerprint density at radius 2 is 2.00 bits per heavy atom. The SMILES string of the molecule is COCCC(=O)n1c(O)ccc1O. The zero-order valence-corrected chi connectivity index (χ0v) is 7.23. The van der Waals surface area contributed by atoms with E-state index in [1.165, 1.54) is 19.2 Å². The topological polar surface area (TPSA) is 71.7 Å². The third-order valence-corrected chi connectivity index (χ3v) is 1.61. The van der Waals surface area contributed by atoms with E-state index in [1.807, 2.05) is 0 Å². The summed E-state index contributed by atoms with van der Waals surface area (Å²) < 4.78 is 5.53. The highest BCUT2D eigenvalue weighted by Crippen LogP contribution is 2.20. The molecule has 72 valence electrons. The van der Waals surface area contributed by atoms with E-state index in [1.54, 1.807) is 0 Å². The zero-order chi connectivity index (χ0) is 9.84. The van der Waals surface area contributed by atoms with Crippen LogP contribution >= 0.6 is 0 Å². The van der Waals surface area contributed by atoms with Crippen LogP contribution in [0, 0.1) is 0 Å². The molecule has 13 heavy (non-hydrogen) atoms. The summed E-state index contributed by atoms with van der Waals surface area (Å²) in [6.07, 6.45) is 0.117. The van der Waals surface area contributed by atoms with E-state index in [0.717, 1.165) is 4.57 Å². The molecular weight excluding hydrogens is 174 g/mol. The maximum absolute atomic E-state index is 11.3. The highest BCUT2D eigenvalue weighted by atomic mass is 16.5. The summed E-state index contributed by atoms with van der Waals surface area (Å²) in [5, 5.41) is 18.3. The van der Waals surface area contributed by atoms with Crippen molar-refractivity contribution >= 4 is 5.91 Å². The van der Waals surface area contributed by atoms with E-state index in [2.05, 4.69) is 0 Å². The molecule has 1 rings (SSSR count). The monoisotopic (exact) mass is 185 g/mol. The Hall–Kier alpha value is -1.49. The van der Waals surface area contributed by atoms with E-state index in [-0.39, 0.29) is 24.8 Å². The van der Waals surface area contributed by atoms with Gasteiger partial charge in [-0.25, -0.2) is 4.57 Å². The Bertz CT molecular complexity index is 286. The van der Waals surface area contributed by atoms with Gasteiger partial charge in [-0.2, -0.15) is 0 Å². The molecular formula is C8H11NO4. The largest absolute Gasteiger partial charge is 0.494 e. The Kier molecular flexibility index (Phi) is 2.92. The van der Waals surface area contributed by atoms with Gasteiger partial charge in [-0.05, 0) is 0 Å². The van der Waals surface area contributed by atoms with Crippen molar-refractivity contribution in [3.63, 3.8) is 0 Å². The number of methoxy groups -OCH3 is 1. The summed E-state index contributed by atoms with van der Waals surface area (Å²) in [5.74, 6) is -0.931. The number of carbonyl (C=O) groups is 1. The summed E-state index contributed by atoms with van der Waals surface area (Å²) in [5.41, 5.74) is 0. The summed E-state index contributed by atoms with van der Waals surface area (Å²) >= 11 is 0. The van der Waals surface area contributed by atoms with Crippen LogP contribution in [0.4, 0.5) is 0 Å². The van der Waals surface area contributed by atoms with Gasteiger partial charge in [0, 0.05) is 19.2 Å². The minimum atomic E-state index is -0.401. The van der Waals surface area contributed by atoms with E-state index >= 15 is 0 Å². The summed E-state index contributed by atoms with van der Waals surface area (Å²) in [6, 6.07) is 2.50. The Morgan fingerprint density at radius 3 is 2.46 bits per heavy atom. The minimum Gasteiger partial charge on any atom is -0.494 e. The van der Waals surface area contributed by atoms with Gasteiger partial charge in [0.2, 0.25) is 17.7 Å².